The van der Waals surface area contributed by atoms with Gasteiger partial charge in [-0.1, -0.05) is 18.2 Å². The molecule has 2 nitrogen and oxygen atoms in total. The minimum atomic E-state index is -0.202. The van der Waals surface area contributed by atoms with Crippen molar-refractivity contribution < 1.29 is 4.39 Å². The quantitative estimate of drug-likeness (QED) is 0.888. The Bertz CT molecular complexity index is 499. The van der Waals surface area contributed by atoms with E-state index in [4.69, 9.17) is 0 Å². The summed E-state index contributed by atoms with van der Waals surface area (Å²) >= 11 is 0. The number of nitrogens with zero attached hydrogens (tertiary/aromatic N) is 1. The Labute approximate surface area is 107 Å². The third kappa shape index (κ3) is 3.14. The molecule has 0 fully saturated rings. The lowest BCUT2D eigenvalue weighted by Crippen LogP contribution is -2.23. The van der Waals surface area contributed by atoms with Crippen molar-refractivity contribution in [2.45, 2.75) is 25.9 Å². The summed E-state index contributed by atoms with van der Waals surface area (Å²) in [4.78, 5) is 4.31. The molecule has 2 rings (SSSR count). The summed E-state index contributed by atoms with van der Waals surface area (Å²) in [5, 5.41) is 3.41. The minimum absolute atomic E-state index is 0.0812. The molecule has 1 unspecified atom stereocenters. The van der Waals surface area contributed by atoms with Crippen LogP contribution in [-0.4, -0.2) is 4.98 Å². The predicted octanol–water partition coefficient (Wildman–Crippen LogP) is 3.63. The Morgan fingerprint density at radius 3 is 2.56 bits per heavy atom. The second-order valence-electron chi connectivity index (χ2n) is 4.42. The van der Waals surface area contributed by atoms with Crippen molar-refractivity contribution >= 4 is 0 Å². The minimum Gasteiger partial charge on any atom is -0.302 e. The zero-order valence-electron chi connectivity index (χ0n) is 10.6. The molecular formula is C15H17FN2. The summed E-state index contributed by atoms with van der Waals surface area (Å²) in [6.07, 6.45) is 1.78. The van der Waals surface area contributed by atoms with Crippen molar-refractivity contribution in [2.24, 2.45) is 0 Å². The van der Waals surface area contributed by atoms with Gasteiger partial charge < -0.3 is 5.32 Å². The van der Waals surface area contributed by atoms with E-state index in [1.165, 1.54) is 6.07 Å². The van der Waals surface area contributed by atoms with Crippen LogP contribution in [0, 0.1) is 5.82 Å². The lowest BCUT2D eigenvalue weighted by Gasteiger charge is -2.20. The lowest BCUT2D eigenvalue weighted by molar-refractivity contribution is 0.484. The van der Waals surface area contributed by atoms with Gasteiger partial charge in [0.25, 0.3) is 0 Å². The van der Waals surface area contributed by atoms with Crippen LogP contribution in [0.2, 0.25) is 0 Å². The average Bonchev–Trinajstić information content (AvgIpc) is 2.39. The molecule has 0 spiro atoms. The molecule has 1 aromatic carbocycles. The molecule has 0 aliphatic heterocycles. The molecule has 3 heteroatoms. The first-order valence-corrected chi connectivity index (χ1v) is 6.09. The maximum absolute atomic E-state index is 13.1. The maximum Gasteiger partial charge on any atom is 0.123 e. The van der Waals surface area contributed by atoms with E-state index < -0.39 is 0 Å². The van der Waals surface area contributed by atoms with E-state index >= 15 is 0 Å². The number of hydrogen-bond acceptors (Lipinski definition) is 2. The molecule has 94 valence electrons. The van der Waals surface area contributed by atoms with Gasteiger partial charge in [-0.25, -0.2) is 4.39 Å². The highest BCUT2D eigenvalue weighted by atomic mass is 19.1. The number of hydrogen-bond donors (Lipinski definition) is 1. The largest absolute Gasteiger partial charge is 0.302 e. The van der Waals surface area contributed by atoms with Gasteiger partial charge in [-0.2, -0.15) is 0 Å². The fourth-order valence-electron chi connectivity index (χ4n) is 1.96. The molecule has 0 aliphatic rings. The molecule has 2 atom stereocenters. The molecule has 0 radical (unpaired) electrons. The number of rotatable bonds is 4. The summed E-state index contributed by atoms with van der Waals surface area (Å²) in [7, 11) is 0. The van der Waals surface area contributed by atoms with Crippen LogP contribution >= 0.6 is 0 Å². The van der Waals surface area contributed by atoms with Crippen LogP contribution in [0.15, 0.2) is 48.7 Å². The summed E-state index contributed by atoms with van der Waals surface area (Å²) < 4.78 is 13.1. The van der Waals surface area contributed by atoms with E-state index in [2.05, 4.69) is 17.2 Å². The van der Waals surface area contributed by atoms with Crippen LogP contribution in [0.4, 0.5) is 4.39 Å². The summed E-state index contributed by atoms with van der Waals surface area (Å²) in [5.74, 6) is -0.202. The first kappa shape index (κ1) is 12.7. The monoisotopic (exact) mass is 244 g/mol. The number of nitrogens with one attached hydrogen (secondary N) is 1. The standard InChI is InChI=1S/C15H17FN2/c1-11(13-6-5-7-14(16)10-13)18-12(2)15-8-3-4-9-17-15/h3-12,18H,1-2H3/t11-,12?/m1/s1. The van der Waals surface area contributed by atoms with Crippen molar-refractivity contribution in [3.8, 4) is 0 Å². The molecular weight excluding hydrogens is 227 g/mol. The van der Waals surface area contributed by atoms with Gasteiger partial charge in [-0.05, 0) is 43.7 Å². The van der Waals surface area contributed by atoms with E-state index in [9.17, 15) is 4.39 Å². The summed E-state index contributed by atoms with van der Waals surface area (Å²) in [6.45, 7) is 4.08. The molecule has 0 bridgehead atoms. The number of benzene rings is 1. The number of pyridine rings is 1. The second kappa shape index (κ2) is 5.74. The first-order chi connectivity index (χ1) is 8.66. The number of aromatic nitrogens is 1. The van der Waals surface area contributed by atoms with Gasteiger partial charge in [0.1, 0.15) is 5.82 Å². The highest BCUT2D eigenvalue weighted by molar-refractivity contribution is 5.20. The Hall–Kier alpha value is -1.74. The summed E-state index contributed by atoms with van der Waals surface area (Å²) in [6, 6.07) is 12.7. The van der Waals surface area contributed by atoms with E-state index in [-0.39, 0.29) is 17.9 Å². The van der Waals surface area contributed by atoms with Crippen LogP contribution in [0.25, 0.3) is 0 Å². The highest BCUT2D eigenvalue weighted by Crippen LogP contribution is 2.18. The van der Waals surface area contributed by atoms with Crippen LogP contribution in [-0.2, 0) is 0 Å². The topological polar surface area (TPSA) is 24.9 Å². The van der Waals surface area contributed by atoms with E-state index in [0.29, 0.717) is 0 Å². The van der Waals surface area contributed by atoms with Gasteiger partial charge in [0.2, 0.25) is 0 Å². The van der Waals surface area contributed by atoms with E-state index in [1.54, 1.807) is 18.3 Å². The third-order valence-electron chi connectivity index (χ3n) is 2.98. The Balaban J connectivity index is 2.05. The SMILES string of the molecule is CC(N[C@H](C)c1cccc(F)c1)c1ccccn1. The van der Waals surface area contributed by atoms with E-state index in [1.807, 2.05) is 31.2 Å². The van der Waals surface area contributed by atoms with Gasteiger partial charge in [0, 0.05) is 18.3 Å². The Morgan fingerprint density at radius 2 is 1.89 bits per heavy atom. The zero-order valence-corrected chi connectivity index (χ0v) is 10.6. The fraction of sp³-hybridized carbons (Fsp3) is 0.267. The second-order valence-corrected chi connectivity index (χ2v) is 4.42. The molecule has 18 heavy (non-hydrogen) atoms. The highest BCUT2D eigenvalue weighted by Gasteiger charge is 2.12. The normalized spacial score (nSPS) is 14.2. The van der Waals surface area contributed by atoms with Crippen LogP contribution in [0.5, 0.6) is 0 Å². The van der Waals surface area contributed by atoms with Gasteiger partial charge in [-0.3, -0.25) is 4.98 Å². The van der Waals surface area contributed by atoms with Crippen LogP contribution < -0.4 is 5.32 Å². The molecule has 2 aromatic rings. The van der Waals surface area contributed by atoms with Crippen molar-refractivity contribution in [2.75, 3.05) is 0 Å². The molecule has 1 N–H and O–H groups in total. The van der Waals surface area contributed by atoms with Gasteiger partial charge in [0.05, 0.1) is 5.69 Å². The average molecular weight is 244 g/mol. The molecule has 0 saturated carbocycles. The van der Waals surface area contributed by atoms with E-state index in [0.717, 1.165) is 11.3 Å². The van der Waals surface area contributed by atoms with Gasteiger partial charge in [0.15, 0.2) is 0 Å². The zero-order chi connectivity index (χ0) is 13.0. The van der Waals surface area contributed by atoms with Crippen molar-refractivity contribution in [1.82, 2.24) is 10.3 Å². The molecule has 0 aliphatic carbocycles. The summed E-state index contributed by atoms with van der Waals surface area (Å²) in [5.41, 5.74) is 1.93. The third-order valence-corrected chi connectivity index (χ3v) is 2.98. The lowest BCUT2D eigenvalue weighted by atomic mass is 10.1. The van der Waals surface area contributed by atoms with Crippen LogP contribution in [0.3, 0.4) is 0 Å². The first-order valence-electron chi connectivity index (χ1n) is 6.09. The number of halogens is 1. The molecule has 0 amide bonds. The van der Waals surface area contributed by atoms with Crippen molar-refractivity contribution in [1.29, 1.82) is 0 Å². The molecule has 1 heterocycles. The van der Waals surface area contributed by atoms with Crippen molar-refractivity contribution in [3.05, 3.63) is 65.7 Å². The predicted molar refractivity (Wildman–Crippen MR) is 70.6 cm³/mol. The molecule has 0 saturated heterocycles. The molecule has 1 aromatic heterocycles. The van der Waals surface area contributed by atoms with Gasteiger partial charge >= 0.3 is 0 Å². The maximum atomic E-state index is 13.1. The fourth-order valence-corrected chi connectivity index (χ4v) is 1.96. The Kier molecular flexibility index (Phi) is 4.05. The van der Waals surface area contributed by atoms with Crippen molar-refractivity contribution in [3.63, 3.8) is 0 Å². The smallest absolute Gasteiger partial charge is 0.123 e. The Morgan fingerprint density at radius 1 is 1.06 bits per heavy atom. The van der Waals surface area contributed by atoms with Gasteiger partial charge in [-0.15, -0.1) is 0 Å². The van der Waals surface area contributed by atoms with Crippen LogP contribution in [0.1, 0.15) is 37.2 Å².